The number of hydrogen-bond acceptors (Lipinski definition) is 5. The molecule has 1 aromatic rings. The third kappa shape index (κ3) is 2.99. The maximum atomic E-state index is 11.3. The molecular formula is C10H11BrN2O4S. The van der Waals surface area contributed by atoms with E-state index in [2.05, 4.69) is 21.2 Å². The number of nitro benzene ring substituents is 1. The highest BCUT2D eigenvalue weighted by Crippen LogP contribution is 2.29. The lowest BCUT2D eigenvalue weighted by Crippen LogP contribution is -2.21. The fourth-order valence-corrected chi connectivity index (χ4v) is 3.95. The molecular weight excluding hydrogens is 324 g/mol. The van der Waals surface area contributed by atoms with Gasteiger partial charge in [-0.15, -0.1) is 0 Å². The molecule has 18 heavy (non-hydrogen) atoms. The van der Waals surface area contributed by atoms with E-state index in [4.69, 9.17) is 0 Å². The SMILES string of the molecule is O=[N+]([O-])c1ccc(Br)cc1NC1CCS(=O)(=O)C1. The zero-order valence-electron chi connectivity index (χ0n) is 9.30. The van der Waals surface area contributed by atoms with E-state index in [1.54, 1.807) is 12.1 Å². The molecule has 0 amide bonds. The van der Waals surface area contributed by atoms with E-state index < -0.39 is 14.8 Å². The summed E-state index contributed by atoms with van der Waals surface area (Å²) in [6, 6.07) is 4.29. The number of halogens is 1. The van der Waals surface area contributed by atoms with Crippen LogP contribution in [0, 0.1) is 10.1 Å². The second kappa shape index (κ2) is 4.85. The molecule has 8 heteroatoms. The summed E-state index contributed by atoms with van der Waals surface area (Å²) < 4.78 is 23.4. The minimum absolute atomic E-state index is 0.0245. The van der Waals surface area contributed by atoms with Crippen LogP contribution in [-0.2, 0) is 9.84 Å². The van der Waals surface area contributed by atoms with Gasteiger partial charge in [-0.2, -0.15) is 0 Å². The Morgan fingerprint density at radius 1 is 1.44 bits per heavy atom. The lowest BCUT2D eigenvalue weighted by molar-refractivity contribution is -0.384. The van der Waals surface area contributed by atoms with Crippen molar-refractivity contribution in [3.05, 3.63) is 32.8 Å². The minimum Gasteiger partial charge on any atom is -0.376 e. The molecule has 98 valence electrons. The van der Waals surface area contributed by atoms with E-state index in [-0.39, 0.29) is 23.2 Å². The number of nitrogens with one attached hydrogen (secondary N) is 1. The molecule has 1 N–H and O–H groups in total. The molecule has 0 radical (unpaired) electrons. The first kappa shape index (κ1) is 13.3. The Balaban J connectivity index is 2.23. The Morgan fingerprint density at radius 3 is 2.72 bits per heavy atom. The van der Waals surface area contributed by atoms with E-state index in [1.807, 2.05) is 0 Å². The first-order chi connectivity index (χ1) is 8.37. The van der Waals surface area contributed by atoms with Crippen molar-refractivity contribution in [1.29, 1.82) is 0 Å². The molecule has 0 saturated carbocycles. The van der Waals surface area contributed by atoms with Crippen molar-refractivity contribution in [1.82, 2.24) is 0 Å². The van der Waals surface area contributed by atoms with E-state index in [0.29, 0.717) is 16.6 Å². The molecule has 2 rings (SSSR count). The van der Waals surface area contributed by atoms with Crippen molar-refractivity contribution < 1.29 is 13.3 Å². The molecule has 1 fully saturated rings. The fourth-order valence-electron chi connectivity index (χ4n) is 1.91. The highest BCUT2D eigenvalue weighted by atomic mass is 79.9. The number of anilines is 1. The molecule has 1 heterocycles. The van der Waals surface area contributed by atoms with Crippen LogP contribution in [0.2, 0.25) is 0 Å². The van der Waals surface area contributed by atoms with Gasteiger partial charge < -0.3 is 5.32 Å². The fraction of sp³-hybridized carbons (Fsp3) is 0.400. The molecule has 0 aliphatic carbocycles. The smallest absolute Gasteiger partial charge is 0.292 e. The lowest BCUT2D eigenvalue weighted by Gasteiger charge is -2.12. The zero-order valence-corrected chi connectivity index (χ0v) is 11.7. The Kier molecular flexibility index (Phi) is 3.58. The highest BCUT2D eigenvalue weighted by molar-refractivity contribution is 9.10. The van der Waals surface area contributed by atoms with Gasteiger partial charge in [0.05, 0.1) is 16.4 Å². The summed E-state index contributed by atoms with van der Waals surface area (Å²) in [5.74, 6) is 0.156. The van der Waals surface area contributed by atoms with Gasteiger partial charge in [0.2, 0.25) is 0 Å². The van der Waals surface area contributed by atoms with E-state index in [0.717, 1.165) is 0 Å². The van der Waals surface area contributed by atoms with Gasteiger partial charge in [0.25, 0.3) is 5.69 Å². The third-order valence-electron chi connectivity index (χ3n) is 2.75. The second-order valence-corrected chi connectivity index (χ2v) is 7.31. The first-order valence-corrected chi connectivity index (χ1v) is 7.90. The van der Waals surface area contributed by atoms with Crippen LogP contribution in [0.3, 0.4) is 0 Å². The Labute approximate surface area is 113 Å². The number of benzene rings is 1. The number of nitro groups is 1. The summed E-state index contributed by atoms with van der Waals surface area (Å²) in [5, 5.41) is 13.8. The van der Waals surface area contributed by atoms with Crippen LogP contribution in [0.15, 0.2) is 22.7 Å². The van der Waals surface area contributed by atoms with E-state index >= 15 is 0 Å². The molecule has 1 saturated heterocycles. The van der Waals surface area contributed by atoms with Crippen LogP contribution in [0.4, 0.5) is 11.4 Å². The summed E-state index contributed by atoms with van der Waals surface area (Å²) in [7, 11) is -3.00. The molecule has 0 bridgehead atoms. The normalized spacial score (nSPS) is 21.7. The standard InChI is InChI=1S/C10H11BrN2O4S/c11-7-1-2-10(13(14)15)9(5-7)12-8-3-4-18(16,17)6-8/h1-2,5,8,12H,3-4,6H2. The van der Waals surface area contributed by atoms with E-state index in [9.17, 15) is 18.5 Å². The van der Waals surface area contributed by atoms with Crippen LogP contribution >= 0.6 is 15.9 Å². The monoisotopic (exact) mass is 334 g/mol. The number of rotatable bonds is 3. The summed E-state index contributed by atoms with van der Waals surface area (Å²) in [6.45, 7) is 0. The molecule has 1 unspecified atom stereocenters. The molecule has 1 aliphatic rings. The van der Waals surface area contributed by atoms with Crippen molar-refractivity contribution in [3.63, 3.8) is 0 Å². The van der Waals surface area contributed by atoms with Crippen molar-refractivity contribution in [2.24, 2.45) is 0 Å². The van der Waals surface area contributed by atoms with Crippen molar-refractivity contribution in [2.45, 2.75) is 12.5 Å². The van der Waals surface area contributed by atoms with Crippen molar-refractivity contribution in [2.75, 3.05) is 16.8 Å². The average Bonchev–Trinajstić information content (AvgIpc) is 2.57. The van der Waals surface area contributed by atoms with Crippen LogP contribution in [-0.4, -0.2) is 30.9 Å². The van der Waals surface area contributed by atoms with Crippen LogP contribution in [0.1, 0.15) is 6.42 Å². The highest BCUT2D eigenvalue weighted by Gasteiger charge is 2.29. The predicted octanol–water partition coefficient (Wildman–Crippen LogP) is 1.96. The first-order valence-electron chi connectivity index (χ1n) is 5.28. The van der Waals surface area contributed by atoms with Crippen LogP contribution in [0.5, 0.6) is 0 Å². The Bertz CT molecular complexity index is 588. The van der Waals surface area contributed by atoms with E-state index in [1.165, 1.54) is 6.07 Å². The number of nitrogens with zero attached hydrogens (tertiary/aromatic N) is 1. The van der Waals surface area contributed by atoms with Gasteiger partial charge in [-0.3, -0.25) is 10.1 Å². The molecule has 1 aliphatic heterocycles. The maximum absolute atomic E-state index is 11.3. The molecule has 0 spiro atoms. The van der Waals surface area contributed by atoms with Gasteiger partial charge in [-0.1, -0.05) is 15.9 Å². The quantitative estimate of drug-likeness (QED) is 0.674. The third-order valence-corrected chi connectivity index (χ3v) is 5.01. The minimum atomic E-state index is -3.00. The molecule has 0 aromatic heterocycles. The molecule has 1 aromatic carbocycles. The van der Waals surface area contributed by atoms with Crippen molar-refractivity contribution in [3.8, 4) is 0 Å². The van der Waals surface area contributed by atoms with Crippen molar-refractivity contribution >= 4 is 37.1 Å². The number of sulfone groups is 1. The topological polar surface area (TPSA) is 89.3 Å². The maximum Gasteiger partial charge on any atom is 0.292 e. The summed E-state index contributed by atoms with van der Waals surface area (Å²) in [4.78, 5) is 10.4. The molecule has 1 atom stereocenters. The lowest BCUT2D eigenvalue weighted by atomic mass is 10.2. The van der Waals surface area contributed by atoms with Gasteiger partial charge in [-0.25, -0.2) is 8.42 Å². The van der Waals surface area contributed by atoms with Gasteiger partial charge >= 0.3 is 0 Å². The van der Waals surface area contributed by atoms with Crippen LogP contribution < -0.4 is 5.32 Å². The largest absolute Gasteiger partial charge is 0.376 e. The Morgan fingerprint density at radius 2 is 2.17 bits per heavy atom. The van der Waals surface area contributed by atoms with Gasteiger partial charge in [0.1, 0.15) is 5.69 Å². The number of hydrogen-bond donors (Lipinski definition) is 1. The van der Waals surface area contributed by atoms with Gasteiger partial charge in [-0.05, 0) is 18.6 Å². The molecule has 6 nitrogen and oxygen atoms in total. The summed E-state index contributed by atoms with van der Waals surface area (Å²) in [5.41, 5.74) is 0.291. The zero-order chi connectivity index (χ0) is 13.3. The average molecular weight is 335 g/mol. The van der Waals surface area contributed by atoms with Crippen LogP contribution in [0.25, 0.3) is 0 Å². The summed E-state index contributed by atoms with van der Waals surface area (Å²) >= 11 is 3.24. The summed E-state index contributed by atoms with van der Waals surface area (Å²) in [6.07, 6.45) is 0.478. The predicted molar refractivity (Wildman–Crippen MR) is 71.5 cm³/mol. The second-order valence-electron chi connectivity index (χ2n) is 4.16. The van der Waals surface area contributed by atoms with Gasteiger partial charge in [0, 0.05) is 16.6 Å². The van der Waals surface area contributed by atoms with Gasteiger partial charge in [0.15, 0.2) is 9.84 Å². The Hall–Kier alpha value is -1.15.